The molecule has 0 saturated carbocycles. The van der Waals surface area contributed by atoms with E-state index in [4.69, 9.17) is 4.74 Å². The largest absolute Gasteiger partial charge is 0.380 e. The van der Waals surface area contributed by atoms with Crippen LogP contribution in [0.5, 0.6) is 0 Å². The fraction of sp³-hybridized carbons (Fsp3) is 0.737. The van der Waals surface area contributed by atoms with Gasteiger partial charge in [-0.15, -0.1) is 0 Å². The Morgan fingerprint density at radius 2 is 2.08 bits per heavy atom. The molecule has 144 valence electrons. The van der Waals surface area contributed by atoms with Gasteiger partial charge < -0.3 is 14.5 Å². The predicted molar refractivity (Wildman–Crippen MR) is 97.9 cm³/mol. The molecule has 1 aromatic heterocycles. The molecule has 0 aliphatic carbocycles. The number of aromatic nitrogens is 2. The van der Waals surface area contributed by atoms with Crippen LogP contribution in [0, 0.1) is 12.8 Å². The lowest BCUT2D eigenvalue weighted by atomic mass is 9.94. The number of piperidine rings is 1. The van der Waals surface area contributed by atoms with Crippen molar-refractivity contribution in [3.05, 3.63) is 17.5 Å². The Labute approximate surface area is 155 Å². The standard InChI is InChI=1S/C19H30N4O3/c1-4-8-22-16-7-6-15(18(22)24)12-21(13-16)19(25)17-11-14(3)20-23(17)9-10-26-5-2/h11,15-16H,4-10,12-13H2,1-3H3/t15-,16+/m0/s1. The molecule has 26 heavy (non-hydrogen) atoms. The second-order valence-electron chi connectivity index (χ2n) is 7.26. The van der Waals surface area contributed by atoms with Crippen molar-refractivity contribution in [3.8, 4) is 0 Å². The molecule has 2 atom stereocenters. The first-order valence-electron chi connectivity index (χ1n) is 9.77. The van der Waals surface area contributed by atoms with E-state index in [9.17, 15) is 9.59 Å². The molecule has 7 nitrogen and oxygen atoms in total. The summed E-state index contributed by atoms with van der Waals surface area (Å²) in [6.07, 6.45) is 2.82. The summed E-state index contributed by atoms with van der Waals surface area (Å²) in [7, 11) is 0. The van der Waals surface area contributed by atoms with Crippen LogP contribution in [0.4, 0.5) is 0 Å². The molecule has 0 radical (unpaired) electrons. The Hall–Kier alpha value is -1.89. The molecule has 2 bridgehead atoms. The van der Waals surface area contributed by atoms with E-state index in [1.54, 1.807) is 4.68 Å². The van der Waals surface area contributed by atoms with E-state index in [1.165, 1.54) is 0 Å². The Morgan fingerprint density at radius 3 is 2.81 bits per heavy atom. The van der Waals surface area contributed by atoms with Gasteiger partial charge in [0.2, 0.25) is 5.91 Å². The number of carbonyl (C=O) groups is 2. The average Bonchev–Trinajstić information content (AvgIpc) is 2.80. The number of amides is 2. The van der Waals surface area contributed by atoms with Crippen molar-refractivity contribution in [2.45, 2.75) is 52.6 Å². The molecule has 3 fully saturated rings. The summed E-state index contributed by atoms with van der Waals surface area (Å²) in [5.74, 6) is 0.134. The van der Waals surface area contributed by atoms with Gasteiger partial charge in [-0.3, -0.25) is 14.3 Å². The molecule has 1 aromatic rings. The number of rotatable bonds is 7. The summed E-state index contributed by atoms with van der Waals surface area (Å²) in [6, 6.07) is 1.98. The predicted octanol–water partition coefficient (Wildman–Crippen LogP) is 1.70. The molecule has 7 heteroatoms. The van der Waals surface area contributed by atoms with Gasteiger partial charge in [0, 0.05) is 32.3 Å². The van der Waals surface area contributed by atoms with Crippen LogP contribution in [0.3, 0.4) is 0 Å². The van der Waals surface area contributed by atoms with E-state index in [0.717, 1.165) is 31.5 Å². The molecule has 3 aliphatic rings. The molecule has 3 saturated heterocycles. The molecule has 2 amide bonds. The average molecular weight is 362 g/mol. The summed E-state index contributed by atoms with van der Waals surface area (Å²) in [5.41, 5.74) is 1.42. The second kappa shape index (κ2) is 8.20. The summed E-state index contributed by atoms with van der Waals surface area (Å²) >= 11 is 0. The third-order valence-corrected chi connectivity index (χ3v) is 5.32. The summed E-state index contributed by atoms with van der Waals surface area (Å²) in [6.45, 7) is 9.60. The minimum absolute atomic E-state index is 0.0230. The smallest absolute Gasteiger partial charge is 0.272 e. The second-order valence-corrected chi connectivity index (χ2v) is 7.26. The van der Waals surface area contributed by atoms with Crippen molar-refractivity contribution in [1.29, 1.82) is 0 Å². The highest BCUT2D eigenvalue weighted by atomic mass is 16.5. The number of hydrogen-bond donors (Lipinski definition) is 0. The summed E-state index contributed by atoms with van der Waals surface area (Å²) in [4.78, 5) is 29.8. The van der Waals surface area contributed by atoms with Crippen molar-refractivity contribution < 1.29 is 14.3 Å². The molecule has 0 unspecified atom stereocenters. The third-order valence-electron chi connectivity index (χ3n) is 5.32. The van der Waals surface area contributed by atoms with Crippen molar-refractivity contribution in [1.82, 2.24) is 19.6 Å². The van der Waals surface area contributed by atoms with E-state index in [2.05, 4.69) is 12.0 Å². The van der Waals surface area contributed by atoms with Gasteiger partial charge in [0.05, 0.1) is 24.8 Å². The topological polar surface area (TPSA) is 67.7 Å². The number of fused-ring (bicyclic) bond motifs is 4. The van der Waals surface area contributed by atoms with E-state index in [0.29, 0.717) is 38.5 Å². The highest BCUT2D eigenvalue weighted by Crippen LogP contribution is 2.30. The zero-order chi connectivity index (χ0) is 18.7. The first-order valence-corrected chi connectivity index (χ1v) is 9.77. The lowest BCUT2D eigenvalue weighted by molar-refractivity contribution is -0.139. The summed E-state index contributed by atoms with van der Waals surface area (Å²) in [5, 5.41) is 4.45. The number of hydrogen-bond acceptors (Lipinski definition) is 4. The Kier molecular flexibility index (Phi) is 5.96. The van der Waals surface area contributed by atoms with Gasteiger partial charge in [-0.25, -0.2) is 0 Å². The quantitative estimate of drug-likeness (QED) is 0.693. The first-order chi connectivity index (χ1) is 12.5. The van der Waals surface area contributed by atoms with Crippen molar-refractivity contribution >= 4 is 11.8 Å². The molecule has 4 heterocycles. The van der Waals surface area contributed by atoms with Gasteiger partial charge in [0.15, 0.2) is 0 Å². The monoisotopic (exact) mass is 362 g/mol. The maximum Gasteiger partial charge on any atom is 0.272 e. The lowest BCUT2D eigenvalue weighted by Gasteiger charge is -2.35. The molecular formula is C19H30N4O3. The molecule has 0 spiro atoms. The molecule has 0 N–H and O–H groups in total. The minimum Gasteiger partial charge on any atom is -0.380 e. The zero-order valence-electron chi connectivity index (χ0n) is 16.1. The molecule has 3 aliphatic heterocycles. The molecular weight excluding hydrogens is 332 g/mol. The third kappa shape index (κ3) is 3.77. The van der Waals surface area contributed by atoms with Crippen LogP contribution >= 0.6 is 0 Å². The Balaban J connectivity index is 1.77. The minimum atomic E-state index is -0.0647. The van der Waals surface area contributed by atoms with Gasteiger partial charge in [0.1, 0.15) is 5.69 Å². The Bertz CT molecular complexity index is 657. The fourth-order valence-corrected chi connectivity index (χ4v) is 4.09. The van der Waals surface area contributed by atoms with Crippen molar-refractivity contribution in [2.75, 3.05) is 32.8 Å². The van der Waals surface area contributed by atoms with Crippen LogP contribution in [0.15, 0.2) is 6.07 Å². The van der Waals surface area contributed by atoms with E-state index in [1.807, 2.05) is 29.7 Å². The fourth-order valence-electron chi connectivity index (χ4n) is 4.09. The molecule has 0 aromatic carbocycles. The lowest BCUT2D eigenvalue weighted by Crippen LogP contribution is -2.48. The van der Waals surface area contributed by atoms with Crippen LogP contribution in [0.2, 0.25) is 0 Å². The maximum absolute atomic E-state index is 13.2. The zero-order valence-corrected chi connectivity index (χ0v) is 16.1. The van der Waals surface area contributed by atoms with Gasteiger partial charge >= 0.3 is 0 Å². The highest BCUT2D eigenvalue weighted by Gasteiger charge is 2.42. The Morgan fingerprint density at radius 1 is 1.27 bits per heavy atom. The van der Waals surface area contributed by atoms with E-state index < -0.39 is 0 Å². The van der Waals surface area contributed by atoms with Gasteiger partial charge in [-0.1, -0.05) is 6.92 Å². The SMILES string of the molecule is CCCN1C(=O)[C@H]2CC[C@@H]1CN(C(=O)c1cc(C)nn1CCOCC)C2. The van der Waals surface area contributed by atoms with Crippen LogP contribution in [0.1, 0.15) is 49.3 Å². The number of nitrogens with zero attached hydrogens (tertiary/aromatic N) is 4. The van der Waals surface area contributed by atoms with Crippen molar-refractivity contribution in [3.63, 3.8) is 0 Å². The number of aryl methyl sites for hydroxylation is 1. The van der Waals surface area contributed by atoms with Crippen LogP contribution in [-0.4, -0.2) is 70.3 Å². The van der Waals surface area contributed by atoms with E-state index in [-0.39, 0.29) is 23.8 Å². The molecule has 4 rings (SSSR count). The summed E-state index contributed by atoms with van der Waals surface area (Å²) < 4.78 is 7.15. The van der Waals surface area contributed by atoms with Gasteiger partial charge in [0.25, 0.3) is 5.91 Å². The van der Waals surface area contributed by atoms with Gasteiger partial charge in [-0.2, -0.15) is 5.10 Å². The van der Waals surface area contributed by atoms with Crippen LogP contribution in [-0.2, 0) is 16.1 Å². The first kappa shape index (κ1) is 18.9. The van der Waals surface area contributed by atoms with Crippen molar-refractivity contribution in [2.24, 2.45) is 5.92 Å². The number of carbonyl (C=O) groups excluding carboxylic acids is 2. The van der Waals surface area contributed by atoms with Crippen LogP contribution in [0.25, 0.3) is 0 Å². The highest BCUT2D eigenvalue weighted by molar-refractivity contribution is 5.93. The van der Waals surface area contributed by atoms with E-state index >= 15 is 0 Å². The van der Waals surface area contributed by atoms with Crippen LogP contribution < -0.4 is 0 Å². The normalized spacial score (nSPS) is 22.8. The van der Waals surface area contributed by atoms with Gasteiger partial charge in [-0.05, 0) is 39.2 Å². The maximum atomic E-state index is 13.2. The number of ether oxygens (including phenoxy) is 1.